The first-order chi connectivity index (χ1) is 7.25. The average Bonchev–Trinajstić information content (AvgIpc) is 2.59. The first-order valence-electron chi connectivity index (χ1n) is 6.63. The molecule has 2 aliphatic rings. The molecule has 0 aromatic heterocycles. The lowest BCUT2D eigenvalue weighted by molar-refractivity contribution is 0.291. The van der Waals surface area contributed by atoms with Crippen LogP contribution < -0.4 is 0 Å². The van der Waals surface area contributed by atoms with E-state index in [2.05, 4.69) is 23.9 Å². The summed E-state index contributed by atoms with van der Waals surface area (Å²) >= 11 is 0. The van der Waals surface area contributed by atoms with E-state index >= 15 is 0 Å². The van der Waals surface area contributed by atoms with Gasteiger partial charge in [-0.3, -0.25) is 0 Å². The van der Waals surface area contributed by atoms with Crippen LogP contribution in [-0.2, 0) is 0 Å². The summed E-state index contributed by atoms with van der Waals surface area (Å²) in [7, 11) is 4.34. The smallest absolute Gasteiger partial charge is 0.00129 e. The third-order valence-corrected chi connectivity index (χ3v) is 4.13. The summed E-state index contributed by atoms with van der Waals surface area (Å²) in [5.41, 5.74) is 0. The summed E-state index contributed by atoms with van der Waals surface area (Å²) in [5.74, 6) is 2.11. The van der Waals surface area contributed by atoms with E-state index in [4.69, 9.17) is 0 Å². The highest BCUT2D eigenvalue weighted by molar-refractivity contribution is 4.86. The Hall–Kier alpha value is -0.0800. The van der Waals surface area contributed by atoms with E-state index < -0.39 is 0 Å². The minimum absolute atomic E-state index is 1.05. The second kappa shape index (κ2) is 5.31. The molecule has 1 saturated carbocycles. The van der Waals surface area contributed by atoms with Crippen LogP contribution in [0, 0.1) is 11.8 Å². The molecule has 1 aliphatic carbocycles. The molecule has 15 heavy (non-hydrogen) atoms. The Morgan fingerprint density at radius 3 is 2.20 bits per heavy atom. The van der Waals surface area contributed by atoms with Crippen LogP contribution in [0.2, 0.25) is 0 Å². The van der Waals surface area contributed by atoms with Crippen molar-refractivity contribution in [3.05, 3.63) is 0 Å². The molecule has 2 atom stereocenters. The largest absolute Gasteiger partial charge is 0.309 e. The summed E-state index contributed by atoms with van der Waals surface area (Å²) in [4.78, 5) is 5.01. The van der Waals surface area contributed by atoms with Crippen molar-refractivity contribution in [3.63, 3.8) is 0 Å². The number of likely N-dealkylation sites (tertiary alicyclic amines) is 1. The molecule has 1 aliphatic heterocycles. The van der Waals surface area contributed by atoms with E-state index in [1.807, 2.05) is 0 Å². The van der Waals surface area contributed by atoms with Gasteiger partial charge in [-0.2, -0.15) is 0 Å². The van der Waals surface area contributed by atoms with Gasteiger partial charge in [-0.05, 0) is 58.3 Å². The average molecular weight is 210 g/mol. The van der Waals surface area contributed by atoms with Gasteiger partial charge in [0.2, 0.25) is 0 Å². The highest BCUT2D eigenvalue weighted by atomic mass is 15.2. The van der Waals surface area contributed by atoms with Crippen LogP contribution in [0.1, 0.15) is 32.1 Å². The summed E-state index contributed by atoms with van der Waals surface area (Å²) in [6.45, 7) is 5.37. The minimum Gasteiger partial charge on any atom is -0.309 e. The minimum atomic E-state index is 1.05. The molecule has 88 valence electrons. The summed E-state index contributed by atoms with van der Waals surface area (Å²) in [6.07, 6.45) is 7.34. The summed E-state index contributed by atoms with van der Waals surface area (Å²) in [5, 5.41) is 0. The molecule has 0 unspecified atom stereocenters. The van der Waals surface area contributed by atoms with Crippen molar-refractivity contribution in [2.75, 3.05) is 40.3 Å². The van der Waals surface area contributed by atoms with Crippen molar-refractivity contribution >= 4 is 0 Å². The van der Waals surface area contributed by atoms with Gasteiger partial charge in [0, 0.05) is 13.1 Å². The lowest BCUT2D eigenvalue weighted by Crippen LogP contribution is -2.25. The molecule has 2 rings (SSSR count). The van der Waals surface area contributed by atoms with Gasteiger partial charge in [-0.1, -0.05) is 12.8 Å². The zero-order valence-corrected chi connectivity index (χ0v) is 10.4. The van der Waals surface area contributed by atoms with Gasteiger partial charge in [-0.25, -0.2) is 0 Å². The number of nitrogens with zero attached hydrogens (tertiary/aromatic N) is 2. The van der Waals surface area contributed by atoms with Gasteiger partial charge < -0.3 is 9.80 Å². The van der Waals surface area contributed by atoms with E-state index in [9.17, 15) is 0 Å². The predicted octanol–water partition coefficient (Wildman–Crippen LogP) is 2.06. The van der Waals surface area contributed by atoms with E-state index in [0.29, 0.717) is 0 Å². The predicted molar refractivity (Wildman–Crippen MR) is 65.1 cm³/mol. The van der Waals surface area contributed by atoms with Crippen molar-refractivity contribution in [2.45, 2.75) is 32.1 Å². The molecule has 2 heteroatoms. The normalized spacial score (nSPS) is 32.2. The monoisotopic (exact) mass is 210 g/mol. The molecule has 0 radical (unpaired) electrons. The number of hydrogen-bond donors (Lipinski definition) is 0. The standard InChI is InChI=1S/C13H26N2/c1-14(2)8-5-9-15-10-12-6-3-4-7-13(12)11-15/h12-13H,3-11H2,1-2H3/t12-,13+. The van der Waals surface area contributed by atoms with Crippen LogP contribution in [0.25, 0.3) is 0 Å². The number of rotatable bonds is 4. The van der Waals surface area contributed by atoms with E-state index in [1.54, 1.807) is 0 Å². The van der Waals surface area contributed by atoms with E-state index in [0.717, 1.165) is 11.8 Å². The molecular formula is C13H26N2. The SMILES string of the molecule is CN(C)CCCN1C[C@H]2CCCC[C@H]2C1. The topological polar surface area (TPSA) is 6.48 Å². The highest BCUT2D eigenvalue weighted by Crippen LogP contribution is 2.35. The van der Waals surface area contributed by atoms with E-state index in [-0.39, 0.29) is 0 Å². The molecule has 0 amide bonds. The Morgan fingerprint density at radius 1 is 1.07 bits per heavy atom. The third kappa shape index (κ3) is 3.18. The van der Waals surface area contributed by atoms with Gasteiger partial charge in [0.1, 0.15) is 0 Å². The van der Waals surface area contributed by atoms with Gasteiger partial charge in [0.15, 0.2) is 0 Å². The first kappa shape index (κ1) is 11.4. The van der Waals surface area contributed by atoms with Crippen LogP contribution in [0.15, 0.2) is 0 Å². The Bertz CT molecular complexity index is 177. The van der Waals surface area contributed by atoms with Crippen molar-refractivity contribution in [1.82, 2.24) is 9.80 Å². The Labute approximate surface area is 94.6 Å². The highest BCUT2D eigenvalue weighted by Gasteiger charge is 2.33. The van der Waals surface area contributed by atoms with Gasteiger partial charge in [-0.15, -0.1) is 0 Å². The van der Waals surface area contributed by atoms with Crippen LogP contribution >= 0.6 is 0 Å². The van der Waals surface area contributed by atoms with Crippen molar-refractivity contribution in [2.24, 2.45) is 11.8 Å². The second-order valence-electron chi connectivity index (χ2n) is 5.72. The van der Waals surface area contributed by atoms with Crippen molar-refractivity contribution < 1.29 is 0 Å². The number of hydrogen-bond acceptors (Lipinski definition) is 2. The number of fused-ring (bicyclic) bond motifs is 1. The van der Waals surface area contributed by atoms with Gasteiger partial charge in [0.25, 0.3) is 0 Å². The summed E-state index contributed by atoms with van der Waals surface area (Å²) < 4.78 is 0. The maximum absolute atomic E-state index is 2.71. The second-order valence-corrected chi connectivity index (χ2v) is 5.72. The lowest BCUT2D eigenvalue weighted by atomic mass is 9.82. The molecule has 0 bridgehead atoms. The van der Waals surface area contributed by atoms with Crippen LogP contribution in [0.4, 0.5) is 0 Å². The fourth-order valence-corrected chi connectivity index (χ4v) is 3.30. The molecule has 0 aromatic rings. The zero-order valence-electron chi connectivity index (χ0n) is 10.4. The Morgan fingerprint density at radius 2 is 1.67 bits per heavy atom. The maximum atomic E-state index is 2.71. The molecule has 0 N–H and O–H groups in total. The van der Waals surface area contributed by atoms with E-state index in [1.165, 1.54) is 58.3 Å². The molecular weight excluding hydrogens is 184 g/mol. The van der Waals surface area contributed by atoms with Gasteiger partial charge in [0.05, 0.1) is 0 Å². The van der Waals surface area contributed by atoms with Crippen molar-refractivity contribution in [1.29, 1.82) is 0 Å². The van der Waals surface area contributed by atoms with Crippen LogP contribution in [-0.4, -0.2) is 50.1 Å². The maximum Gasteiger partial charge on any atom is 0.00129 e. The molecule has 0 spiro atoms. The van der Waals surface area contributed by atoms with Gasteiger partial charge >= 0.3 is 0 Å². The third-order valence-electron chi connectivity index (χ3n) is 4.13. The van der Waals surface area contributed by atoms with Crippen LogP contribution in [0.5, 0.6) is 0 Å². The fraction of sp³-hybridized carbons (Fsp3) is 1.00. The first-order valence-corrected chi connectivity index (χ1v) is 6.63. The molecule has 2 fully saturated rings. The molecule has 1 heterocycles. The molecule has 0 aromatic carbocycles. The molecule has 1 saturated heterocycles. The quantitative estimate of drug-likeness (QED) is 0.701. The van der Waals surface area contributed by atoms with Crippen LogP contribution in [0.3, 0.4) is 0 Å². The van der Waals surface area contributed by atoms with Crippen molar-refractivity contribution in [3.8, 4) is 0 Å². The Kier molecular flexibility index (Phi) is 4.04. The Balaban J connectivity index is 1.67. The zero-order chi connectivity index (χ0) is 10.7. The fourth-order valence-electron chi connectivity index (χ4n) is 3.30. The summed E-state index contributed by atoms with van der Waals surface area (Å²) in [6, 6.07) is 0. The lowest BCUT2D eigenvalue weighted by Gasteiger charge is -2.23. The molecule has 2 nitrogen and oxygen atoms in total.